The lowest BCUT2D eigenvalue weighted by atomic mass is 9.90. The maximum atomic E-state index is 12.0. The van der Waals surface area contributed by atoms with E-state index in [0.29, 0.717) is 0 Å². The fourth-order valence-corrected chi connectivity index (χ4v) is 2.70. The van der Waals surface area contributed by atoms with Gasteiger partial charge < -0.3 is 10.2 Å². The number of rotatable bonds is 12. The lowest BCUT2D eigenvalue weighted by Crippen LogP contribution is -2.14. The van der Waals surface area contributed by atoms with E-state index in [1.54, 1.807) is 18.2 Å². The molecule has 0 saturated carbocycles. The quantitative estimate of drug-likeness (QED) is 0.507. The minimum absolute atomic E-state index is 0.0349. The monoisotopic (exact) mass is 358 g/mol. The second-order valence-electron chi connectivity index (χ2n) is 6.37. The Kier molecular flexibility index (Phi) is 11.0. The molecule has 0 aromatic carbocycles. The molecule has 2 N–H and O–H groups in total. The number of allylic oxidation sites excluding steroid dienone is 9. The molecule has 1 aliphatic carbocycles. The van der Waals surface area contributed by atoms with E-state index in [4.69, 9.17) is 5.11 Å². The lowest BCUT2D eigenvalue weighted by molar-refractivity contribution is -0.137. The second-order valence-corrected chi connectivity index (χ2v) is 6.37. The summed E-state index contributed by atoms with van der Waals surface area (Å²) in [6.45, 7) is 2.12. The van der Waals surface area contributed by atoms with Gasteiger partial charge in [-0.1, -0.05) is 61.6 Å². The minimum Gasteiger partial charge on any atom is -0.481 e. The molecule has 0 saturated heterocycles. The first-order valence-corrected chi connectivity index (χ1v) is 9.29. The summed E-state index contributed by atoms with van der Waals surface area (Å²) in [5, 5.41) is 18.4. The standard InChI is InChI=1S/C22H30O4/c1-2-3-4-5-6-7-8-9-10-11-18-12-16-21(24)20(18)15-13-19(23)14-17-22(25)26/h3-4,6-7,9-10,12-13,15-16,18-20,23H,2,5,8,11,14,17H2,1H3,(H,25,26)/b4-3-,7-6-,10-9-,15-13+/t18-,19+,20-/m0/s1. The molecule has 26 heavy (non-hydrogen) atoms. The highest BCUT2D eigenvalue weighted by atomic mass is 16.4. The first-order chi connectivity index (χ1) is 12.5. The molecule has 142 valence electrons. The van der Waals surface area contributed by atoms with Gasteiger partial charge in [-0.05, 0) is 44.1 Å². The number of hydrogen-bond acceptors (Lipinski definition) is 3. The van der Waals surface area contributed by atoms with Crippen LogP contribution in [0, 0.1) is 11.8 Å². The predicted molar refractivity (Wildman–Crippen MR) is 105 cm³/mol. The molecular weight excluding hydrogens is 328 g/mol. The summed E-state index contributed by atoms with van der Waals surface area (Å²) in [6, 6.07) is 0. The Labute approximate surface area is 156 Å². The Hall–Kier alpha value is -2.20. The molecule has 1 aliphatic rings. The zero-order valence-corrected chi connectivity index (χ0v) is 15.5. The fourth-order valence-electron chi connectivity index (χ4n) is 2.70. The van der Waals surface area contributed by atoms with Crippen molar-refractivity contribution in [3.8, 4) is 0 Å². The van der Waals surface area contributed by atoms with E-state index in [1.165, 1.54) is 0 Å². The van der Waals surface area contributed by atoms with Crippen molar-refractivity contribution in [2.75, 3.05) is 0 Å². The highest BCUT2D eigenvalue weighted by Gasteiger charge is 2.26. The third kappa shape index (κ3) is 9.33. The van der Waals surface area contributed by atoms with Crippen LogP contribution >= 0.6 is 0 Å². The maximum Gasteiger partial charge on any atom is 0.303 e. The SMILES string of the molecule is CC/C=C\C/C=C\C/C=C\C[C@H]1C=CC(=O)[C@H]1/C=C/[C@@H](O)CCC(=O)O. The van der Waals surface area contributed by atoms with Crippen molar-refractivity contribution in [1.29, 1.82) is 0 Å². The van der Waals surface area contributed by atoms with Gasteiger partial charge in [-0.2, -0.15) is 0 Å². The minimum atomic E-state index is -0.936. The summed E-state index contributed by atoms with van der Waals surface area (Å²) < 4.78 is 0. The van der Waals surface area contributed by atoms with Gasteiger partial charge in [0, 0.05) is 12.3 Å². The molecule has 0 aliphatic heterocycles. The van der Waals surface area contributed by atoms with Crippen molar-refractivity contribution < 1.29 is 19.8 Å². The molecule has 1 rings (SSSR count). The summed E-state index contributed by atoms with van der Waals surface area (Å²) in [7, 11) is 0. The molecule has 0 amide bonds. The summed E-state index contributed by atoms with van der Waals surface area (Å²) in [5.41, 5.74) is 0. The van der Waals surface area contributed by atoms with Crippen LogP contribution in [0.2, 0.25) is 0 Å². The third-order valence-electron chi connectivity index (χ3n) is 4.18. The van der Waals surface area contributed by atoms with E-state index in [0.717, 1.165) is 25.7 Å². The number of ketones is 1. The van der Waals surface area contributed by atoms with Crippen molar-refractivity contribution in [1.82, 2.24) is 0 Å². The van der Waals surface area contributed by atoms with Crippen molar-refractivity contribution in [2.24, 2.45) is 11.8 Å². The van der Waals surface area contributed by atoms with Crippen molar-refractivity contribution in [3.63, 3.8) is 0 Å². The van der Waals surface area contributed by atoms with E-state index < -0.39 is 12.1 Å². The number of hydrogen-bond donors (Lipinski definition) is 2. The highest BCUT2D eigenvalue weighted by Crippen LogP contribution is 2.27. The van der Waals surface area contributed by atoms with E-state index in [2.05, 4.69) is 43.4 Å². The number of carboxylic acids is 1. The van der Waals surface area contributed by atoms with Crippen LogP contribution in [0.25, 0.3) is 0 Å². The van der Waals surface area contributed by atoms with Crippen molar-refractivity contribution in [2.45, 2.75) is 51.6 Å². The van der Waals surface area contributed by atoms with Crippen LogP contribution in [0.1, 0.15) is 45.4 Å². The van der Waals surface area contributed by atoms with Gasteiger partial charge in [0.05, 0.1) is 6.10 Å². The van der Waals surface area contributed by atoms with Crippen LogP contribution in [-0.4, -0.2) is 28.1 Å². The van der Waals surface area contributed by atoms with E-state index in [9.17, 15) is 14.7 Å². The lowest BCUT2D eigenvalue weighted by Gasteiger charge is -2.13. The molecule has 0 radical (unpaired) electrons. The molecule has 4 nitrogen and oxygen atoms in total. The van der Waals surface area contributed by atoms with Crippen molar-refractivity contribution in [3.05, 3.63) is 60.8 Å². The Balaban J connectivity index is 2.39. The van der Waals surface area contributed by atoms with Crippen LogP contribution in [0.15, 0.2) is 60.8 Å². The first kappa shape index (κ1) is 21.8. The van der Waals surface area contributed by atoms with Crippen LogP contribution in [0.3, 0.4) is 0 Å². The van der Waals surface area contributed by atoms with E-state index in [1.807, 2.05) is 6.08 Å². The van der Waals surface area contributed by atoms with Gasteiger partial charge in [-0.3, -0.25) is 9.59 Å². The Morgan fingerprint density at radius 2 is 1.81 bits per heavy atom. The van der Waals surface area contributed by atoms with Gasteiger partial charge >= 0.3 is 5.97 Å². The highest BCUT2D eigenvalue weighted by molar-refractivity contribution is 5.95. The van der Waals surface area contributed by atoms with Gasteiger partial charge in [-0.15, -0.1) is 0 Å². The topological polar surface area (TPSA) is 74.6 Å². The van der Waals surface area contributed by atoms with Gasteiger partial charge in [0.2, 0.25) is 0 Å². The van der Waals surface area contributed by atoms with Crippen molar-refractivity contribution >= 4 is 11.8 Å². The molecule has 0 bridgehead atoms. The second kappa shape index (κ2) is 13.1. The largest absolute Gasteiger partial charge is 0.481 e. The molecule has 4 heteroatoms. The number of carboxylic acid groups (broad SMARTS) is 1. The molecule has 0 aromatic rings. The predicted octanol–water partition coefficient (Wildman–Crippen LogP) is 4.39. The van der Waals surface area contributed by atoms with E-state index in [-0.39, 0.29) is 30.5 Å². The molecule has 3 atom stereocenters. The molecule has 0 unspecified atom stereocenters. The van der Waals surface area contributed by atoms with Gasteiger partial charge in [0.15, 0.2) is 5.78 Å². The van der Waals surface area contributed by atoms with Gasteiger partial charge in [-0.25, -0.2) is 0 Å². The van der Waals surface area contributed by atoms with Crippen LogP contribution in [0.4, 0.5) is 0 Å². The van der Waals surface area contributed by atoms with Gasteiger partial charge in [0.25, 0.3) is 0 Å². The van der Waals surface area contributed by atoms with Crippen LogP contribution in [0.5, 0.6) is 0 Å². The average Bonchev–Trinajstić information content (AvgIpc) is 2.96. The van der Waals surface area contributed by atoms with Gasteiger partial charge in [0.1, 0.15) is 0 Å². The first-order valence-electron chi connectivity index (χ1n) is 9.29. The number of aliphatic carboxylic acids is 1. The normalized spacial score (nSPS) is 21.8. The number of carbonyl (C=O) groups excluding carboxylic acids is 1. The maximum absolute atomic E-state index is 12.0. The summed E-state index contributed by atoms with van der Waals surface area (Å²) >= 11 is 0. The number of carbonyl (C=O) groups is 2. The summed E-state index contributed by atoms with van der Waals surface area (Å²) in [6.07, 6.45) is 22.4. The number of aliphatic hydroxyl groups excluding tert-OH is 1. The molecule has 0 aromatic heterocycles. The fraction of sp³-hybridized carbons (Fsp3) is 0.455. The Morgan fingerprint density at radius 3 is 2.46 bits per heavy atom. The number of aliphatic hydroxyl groups is 1. The van der Waals surface area contributed by atoms with E-state index >= 15 is 0 Å². The molecule has 0 fully saturated rings. The summed E-state index contributed by atoms with van der Waals surface area (Å²) in [4.78, 5) is 22.5. The molecule has 0 heterocycles. The average molecular weight is 358 g/mol. The smallest absolute Gasteiger partial charge is 0.303 e. The van der Waals surface area contributed by atoms with Crippen LogP contribution in [-0.2, 0) is 9.59 Å². The summed E-state index contributed by atoms with van der Waals surface area (Å²) in [5.74, 6) is -1.07. The van der Waals surface area contributed by atoms with Crippen LogP contribution < -0.4 is 0 Å². The third-order valence-corrected chi connectivity index (χ3v) is 4.18. The molecular formula is C22H30O4. The molecule has 0 spiro atoms. The Morgan fingerprint density at radius 1 is 1.15 bits per heavy atom. The zero-order valence-electron chi connectivity index (χ0n) is 15.5. The Bertz CT molecular complexity index is 581. The zero-order chi connectivity index (χ0) is 19.2.